The second-order valence-electron chi connectivity index (χ2n) is 5.98. The van der Waals surface area contributed by atoms with Gasteiger partial charge in [-0.2, -0.15) is 0 Å². The van der Waals surface area contributed by atoms with E-state index in [2.05, 4.69) is 15.5 Å². The molecule has 1 fully saturated rings. The molecule has 1 aliphatic rings. The van der Waals surface area contributed by atoms with Crippen LogP contribution >= 0.6 is 0 Å². The Balaban J connectivity index is 2.30. The zero-order chi connectivity index (χ0) is 14.3. The minimum absolute atomic E-state index is 0.103. The summed E-state index contributed by atoms with van der Waals surface area (Å²) in [5, 5.41) is 15.3. The van der Waals surface area contributed by atoms with Gasteiger partial charge in [-0.1, -0.05) is 6.92 Å². The maximum absolute atomic E-state index is 12.3. The van der Waals surface area contributed by atoms with Gasteiger partial charge in [0.05, 0.1) is 5.54 Å². The minimum Gasteiger partial charge on any atom is -0.396 e. The number of aliphatic hydroxyl groups is 1. The topological polar surface area (TPSA) is 64.6 Å². The van der Waals surface area contributed by atoms with E-state index in [1.165, 1.54) is 0 Å². The number of rotatable bonds is 7. The summed E-state index contributed by atoms with van der Waals surface area (Å²) < 4.78 is 0. The summed E-state index contributed by atoms with van der Waals surface area (Å²) in [4.78, 5) is 14.5. The van der Waals surface area contributed by atoms with Crippen molar-refractivity contribution in [2.75, 3.05) is 39.3 Å². The number of aliphatic hydroxyl groups excluding tert-OH is 1. The van der Waals surface area contributed by atoms with Gasteiger partial charge in [-0.15, -0.1) is 0 Å². The Labute approximate surface area is 116 Å². The van der Waals surface area contributed by atoms with Crippen LogP contribution in [-0.2, 0) is 4.79 Å². The molecule has 0 bridgehead atoms. The van der Waals surface area contributed by atoms with Gasteiger partial charge >= 0.3 is 0 Å². The van der Waals surface area contributed by atoms with Crippen LogP contribution in [0.1, 0.15) is 33.6 Å². The molecule has 0 spiro atoms. The zero-order valence-electron chi connectivity index (χ0n) is 12.5. The second kappa shape index (κ2) is 7.82. The van der Waals surface area contributed by atoms with Crippen LogP contribution in [0.25, 0.3) is 0 Å². The lowest BCUT2D eigenvalue weighted by atomic mass is 10.00. The molecule has 3 N–H and O–H groups in total. The van der Waals surface area contributed by atoms with Crippen molar-refractivity contribution in [3.8, 4) is 0 Å². The summed E-state index contributed by atoms with van der Waals surface area (Å²) in [6.07, 6.45) is 1.87. The van der Waals surface area contributed by atoms with Gasteiger partial charge in [0.1, 0.15) is 0 Å². The maximum atomic E-state index is 12.3. The van der Waals surface area contributed by atoms with E-state index in [0.29, 0.717) is 12.5 Å². The van der Waals surface area contributed by atoms with Crippen molar-refractivity contribution in [1.82, 2.24) is 15.5 Å². The first-order valence-electron chi connectivity index (χ1n) is 7.33. The molecule has 1 unspecified atom stereocenters. The highest BCUT2D eigenvalue weighted by Gasteiger charge is 2.34. The van der Waals surface area contributed by atoms with Gasteiger partial charge in [0.25, 0.3) is 0 Å². The minimum atomic E-state index is -0.440. The van der Waals surface area contributed by atoms with Crippen molar-refractivity contribution in [2.45, 2.75) is 39.2 Å². The molecule has 1 atom stereocenters. The third-order valence-corrected chi connectivity index (χ3v) is 3.93. The van der Waals surface area contributed by atoms with E-state index in [9.17, 15) is 4.79 Å². The molecule has 1 saturated heterocycles. The van der Waals surface area contributed by atoms with Gasteiger partial charge in [0.15, 0.2) is 0 Å². The van der Waals surface area contributed by atoms with E-state index in [1.54, 1.807) is 0 Å². The van der Waals surface area contributed by atoms with E-state index in [-0.39, 0.29) is 12.5 Å². The molecule has 19 heavy (non-hydrogen) atoms. The normalized spacial score (nSPS) is 19.2. The molecule has 1 aliphatic heterocycles. The Morgan fingerprint density at radius 2 is 2.05 bits per heavy atom. The SMILES string of the molecule is CC(CO)CCCNC(=O)C(C)(C)N1CCNCC1. The molecule has 0 saturated carbocycles. The first-order chi connectivity index (χ1) is 8.98. The number of hydrogen-bond acceptors (Lipinski definition) is 4. The number of nitrogens with zero attached hydrogens (tertiary/aromatic N) is 1. The smallest absolute Gasteiger partial charge is 0.239 e. The van der Waals surface area contributed by atoms with Crippen LogP contribution in [0, 0.1) is 5.92 Å². The molecule has 0 aromatic carbocycles. The highest BCUT2D eigenvalue weighted by Crippen LogP contribution is 2.15. The quantitative estimate of drug-likeness (QED) is 0.579. The van der Waals surface area contributed by atoms with Crippen LogP contribution in [0.3, 0.4) is 0 Å². The molecule has 5 heteroatoms. The summed E-state index contributed by atoms with van der Waals surface area (Å²) in [5.41, 5.74) is -0.440. The first-order valence-corrected chi connectivity index (χ1v) is 7.33. The van der Waals surface area contributed by atoms with Crippen molar-refractivity contribution in [3.05, 3.63) is 0 Å². The molecule has 0 radical (unpaired) electrons. The zero-order valence-corrected chi connectivity index (χ0v) is 12.5. The Bertz CT molecular complexity index is 276. The highest BCUT2D eigenvalue weighted by molar-refractivity contribution is 5.85. The van der Waals surface area contributed by atoms with Crippen molar-refractivity contribution >= 4 is 5.91 Å². The average Bonchev–Trinajstić information content (AvgIpc) is 2.43. The fraction of sp³-hybridized carbons (Fsp3) is 0.929. The summed E-state index contributed by atoms with van der Waals surface area (Å²) in [7, 11) is 0. The number of amides is 1. The van der Waals surface area contributed by atoms with Crippen molar-refractivity contribution in [1.29, 1.82) is 0 Å². The summed E-state index contributed by atoms with van der Waals surface area (Å²) in [6, 6.07) is 0. The van der Waals surface area contributed by atoms with Gasteiger partial charge in [0, 0.05) is 39.3 Å². The molecule has 0 aromatic rings. The van der Waals surface area contributed by atoms with E-state index in [4.69, 9.17) is 5.11 Å². The van der Waals surface area contributed by atoms with E-state index in [1.807, 2.05) is 20.8 Å². The van der Waals surface area contributed by atoms with Crippen LogP contribution in [0.4, 0.5) is 0 Å². The van der Waals surface area contributed by atoms with Crippen LogP contribution in [0.2, 0.25) is 0 Å². The predicted octanol–water partition coefficient (Wildman–Crippen LogP) is 0.195. The number of hydrogen-bond donors (Lipinski definition) is 3. The van der Waals surface area contributed by atoms with Gasteiger partial charge in [-0.3, -0.25) is 9.69 Å². The average molecular weight is 271 g/mol. The number of carbonyl (C=O) groups excluding carboxylic acids is 1. The molecule has 5 nitrogen and oxygen atoms in total. The van der Waals surface area contributed by atoms with E-state index < -0.39 is 5.54 Å². The molecule has 0 aliphatic carbocycles. The predicted molar refractivity (Wildman–Crippen MR) is 77.0 cm³/mol. The largest absolute Gasteiger partial charge is 0.396 e. The van der Waals surface area contributed by atoms with Crippen LogP contribution < -0.4 is 10.6 Å². The summed E-state index contributed by atoms with van der Waals surface area (Å²) in [6.45, 7) is 10.7. The van der Waals surface area contributed by atoms with Gasteiger partial charge in [-0.25, -0.2) is 0 Å². The maximum Gasteiger partial charge on any atom is 0.239 e. The van der Waals surface area contributed by atoms with Gasteiger partial charge in [0.2, 0.25) is 5.91 Å². The van der Waals surface area contributed by atoms with Gasteiger partial charge in [-0.05, 0) is 32.6 Å². The highest BCUT2D eigenvalue weighted by atomic mass is 16.3. The molecule has 1 rings (SSSR count). The lowest BCUT2D eigenvalue weighted by Gasteiger charge is -2.39. The van der Waals surface area contributed by atoms with Crippen molar-refractivity contribution < 1.29 is 9.90 Å². The van der Waals surface area contributed by atoms with Crippen molar-refractivity contribution in [2.24, 2.45) is 5.92 Å². The molecule has 112 valence electrons. The fourth-order valence-electron chi connectivity index (χ4n) is 2.33. The fourth-order valence-corrected chi connectivity index (χ4v) is 2.33. The Hall–Kier alpha value is -0.650. The monoisotopic (exact) mass is 271 g/mol. The summed E-state index contributed by atoms with van der Waals surface area (Å²) in [5.74, 6) is 0.420. The third-order valence-electron chi connectivity index (χ3n) is 3.93. The third kappa shape index (κ3) is 5.09. The Morgan fingerprint density at radius 3 is 2.63 bits per heavy atom. The van der Waals surface area contributed by atoms with Crippen molar-refractivity contribution in [3.63, 3.8) is 0 Å². The Kier molecular flexibility index (Phi) is 6.75. The number of piperazine rings is 1. The first kappa shape index (κ1) is 16.4. The van der Waals surface area contributed by atoms with Gasteiger partial charge < -0.3 is 15.7 Å². The van der Waals surface area contributed by atoms with Crippen LogP contribution in [0.5, 0.6) is 0 Å². The Morgan fingerprint density at radius 1 is 1.42 bits per heavy atom. The molecular formula is C14H29N3O2. The van der Waals surface area contributed by atoms with E-state index >= 15 is 0 Å². The summed E-state index contributed by atoms with van der Waals surface area (Å²) >= 11 is 0. The van der Waals surface area contributed by atoms with Crippen LogP contribution in [-0.4, -0.2) is 60.8 Å². The molecule has 1 heterocycles. The molecule has 1 amide bonds. The standard InChI is InChI=1S/C14H29N3O2/c1-12(11-18)5-4-6-16-13(19)14(2,3)17-9-7-15-8-10-17/h12,15,18H,4-11H2,1-3H3,(H,16,19). The molecule has 0 aromatic heterocycles. The number of nitrogens with one attached hydrogen (secondary N) is 2. The lowest BCUT2D eigenvalue weighted by Crippen LogP contribution is -2.60. The molecular weight excluding hydrogens is 242 g/mol. The number of carbonyl (C=O) groups is 1. The lowest BCUT2D eigenvalue weighted by molar-refractivity contribution is -0.132. The van der Waals surface area contributed by atoms with Crippen LogP contribution in [0.15, 0.2) is 0 Å². The second-order valence-corrected chi connectivity index (χ2v) is 5.98. The van der Waals surface area contributed by atoms with E-state index in [0.717, 1.165) is 39.0 Å².